The molecule has 1 atom stereocenters. The smallest absolute Gasteiger partial charge is 0.191 e. The fraction of sp³-hybridized carbons (Fsp3) is 0.588. The first-order valence-electron chi connectivity index (χ1n) is 8.90. The summed E-state index contributed by atoms with van der Waals surface area (Å²) in [7, 11) is 1.80. The van der Waals surface area contributed by atoms with Crippen LogP contribution in [-0.4, -0.2) is 52.3 Å². The van der Waals surface area contributed by atoms with Crippen molar-refractivity contribution in [1.29, 1.82) is 0 Å². The maximum absolute atomic E-state index is 4.34. The van der Waals surface area contributed by atoms with E-state index in [4.69, 9.17) is 0 Å². The molecule has 2 aromatic heterocycles. The SMILES string of the molecule is CCn1cnnc1CNC(=NC)NCC(c1cccs1)N1CCCC1. The minimum absolute atomic E-state index is 0.403. The Balaban J connectivity index is 1.57. The topological polar surface area (TPSA) is 70.4 Å². The Labute approximate surface area is 153 Å². The number of hydrogen-bond donors (Lipinski definition) is 2. The van der Waals surface area contributed by atoms with Gasteiger partial charge in [0.2, 0.25) is 0 Å². The molecular formula is C17H27N7S. The maximum Gasteiger partial charge on any atom is 0.191 e. The predicted molar refractivity (Wildman–Crippen MR) is 102 cm³/mol. The van der Waals surface area contributed by atoms with Crippen molar-refractivity contribution >= 4 is 17.3 Å². The van der Waals surface area contributed by atoms with Crippen LogP contribution in [0.4, 0.5) is 0 Å². The summed E-state index contributed by atoms with van der Waals surface area (Å²) in [5, 5.41) is 17.1. The molecule has 3 rings (SSSR count). The van der Waals surface area contributed by atoms with E-state index in [-0.39, 0.29) is 0 Å². The van der Waals surface area contributed by atoms with Crippen molar-refractivity contribution in [2.75, 3.05) is 26.7 Å². The lowest BCUT2D eigenvalue weighted by molar-refractivity contribution is 0.249. The number of aryl methyl sites for hydroxylation is 1. The predicted octanol–water partition coefficient (Wildman–Crippen LogP) is 1.86. The number of aliphatic imine (C=N–C) groups is 1. The summed E-state index contributed by atoms with van der Waals surface area (Å²) >= 11 is 1.83. The van der Waals surface area contributed by atoms with Crippen molar-refractivity contribution in [1.82, 2.24) is 30.3 Å². The molecule has 0 radical (unpaired) electrons. The molecule has 0 saturated carbocycles. The van der Waals surface area contributed by atoms with Gasteiger partial charge >= 0.3 is 0 Å². The second kappa shape index (κ2) is 8.96. The quantitative estimate of drug-likeness (QED) is 0.582. The van der Waals surface area contributed by atoms with Gasteiger partial charge in [0.1, 0.15) is 6.33 Å². The first-order valence-corrected chi connectivity index (χ1v) is 9.78. The van der Waals surface area contributed by atoms with Gasteiger partial charge in [0.15, 0.2) is 11.8 Å². The number of thiophene rings is 1. The molecule has 0 aliphatic carbocycles. The van der Waals surface area contributed by atoms with E-state index in [1.54, 1.807) is 13.4 Å². The molecule has 2 aromatic rings. The summed E-state index contributed by atoms with van der Waals surface area (Å²) in [6.07, 6.45) is 4.34. The highest BCUT2D eigenvalue weighted by molar-refractivity contribution is 7.10. The summed E-state index contributed by atoms with van der Waals surface area (Å²) in [4.78, 5) is 8.33. The number of hydrogen-bond acceptors (Lipinski definition) is 5. The zero-order valence-corrected chi connectivity index (χ0v) is 15.8. The van der Waals surface area contributed by atoms with Crippen LogP contribution in [-0.2, 0) is 13.1 Å². The molecule has 1 aliphatic heterocycles. The number of rotatable bonds is 7. The fourth-order valence-corrected chi connectivity index (χ4v) is 4.06. The molecule has 0 aromatic carbocycles. The molecular weight excluding hydrogens is 334 g/mol. The molecule has 3 heterocycles. The highest BCUT2D eigenvalue weighted by Crippen LogP contribution is 2.27. The molecule has 0 bridgehead atoms. The number of guanidine groups is 1. The van der Waals surface area contributed by atoms with Crippen LogP contribution in [0, 0.1) is 0 Å². The summed E-state index contributed by atoms with van der Waals surface area (Å²) in [6.45, 7) is 6.76. The first kappa shape index (κ1) is 17.9. The van der Waals surface area contributed by atoms with Crippen molar-refractivity contribution in [2.45, 2.75) is 38.9 Å². The van der Waals surface area contributed by atoms with E-state index in [1.807, 2.05) is 15.9 Å². The van der Waals surface area contributed by atoms with E-state index in [0.29, 0.717) is 12.6 Å². The van der Waals surface area contributed by atoms with Crippen molar-refractivity contribution in [3.63, 3.8) is 0 Å². The van der Waals surface area contributed by atoms with Crippen LogP contribution in [0.5, 0.6) is 0 Å². The summed E-state index contributed by atoms with van der Waals surface area (Å²) in [5.41, 5.74) is 0. The molecule has 0 spiro atoms. The Morgan fingerprint density at radius 1 is 1.36 bits per heavy atom. The Bertz CT molecular complexity index is 658. The van der Waals surface area contributed by atoms with Crippen LogP contribution in [0.15, 0.2) is 28.8 Å². The van der Waals surface area contributed by atoms with Gasteiger partial charge in [0, 0.05) is 25.0 Å². The third-order valence-electron chi connectivity index (χ3n) is 4.59. The van der Waals surface area contributed by atoms with Crippen LogP contribution < -0.4 is 10.6 Å². The Kier molecular flexibility index (Phi) is 6.41. The lowest BCUT2D eigenvalue weighted by atomic mass is 10.2. The van der Waals surface area contributed by atoms with E-state index < -0.39 is 0 Å². The average Bonchev–Trinajstić information content (AvgIpc) is 3.40. The van der Waals surface area contributed by atoms with Crippen molar-refractivity contribution in [2.24, 2.45) is 4.99 Å². The van der Waals surface area contributed by atoms with Crippen molar-refractivity contribution < 1.29 is 0 Å². The first-order chi connectivity index (χ1) is 12.3. The molecule has 7 nitrogen and oxygen atoms in total. The molecule has 1 aliphatic rings. The highest BCUT2D eigenvalue weighted by atomic mass is 32.1. The number of nitrogens with one attached hydrogen (secondary N) is 2. The van der Waals surface area contributed by atoms with Crippen LogP contribution in [0.25, 0.3) is 0 Å². The standard InChI is InChI=1S/C17H27N7S/c1-3-23-13-21-22-16(23)12-20-17(18-2)19-11-14(15-7-6-10-25-15)24-8-4-5-9-24/h6-7,10,13-14H,3-5,8-9,11-12H2,1-2H3,(H2,18,19,20). The lowest BCUT2D eigenvalue weighted by Gasteiger charge is -2.27. The van der Waals surface area contributed by atoms with Gasteiger partial charge in [-0.1, -0.05) is 6.07 Å². The largest absolute Gasteiger partial charge is 0.354 e. The second-order valence-electron chi connectivity index (χ2n) is 6.11. The van der Waals surface area contributed by atoms with Crippen LogP contribution in [0.2, 0.25) is 0 Å². The van der Waals surface area contributed by atoms with Gasteiger partial charge in [-0.05, 0) is 44.3 Å². The molecule has 1 fully saturated rings. The van der Waals surface area contributed by atoms with E-state index in [1.165, 1.54) is 30.8 Å². The van der Waals surface area contributed by atoms with E-state index >= 15 is 0 Å². The van der Waals surface area contributed by atoms with Crippen LogP contribution in [0.3, 0.4) is 0 Å². The zero-order valence-electron chi connectivity index (χ0n) is 15.0. The minimum Gasteiger partial charge on any atom is -0.354 e. The Morgan fingerprint density at radius 2 is 2.20 bits per heavy atom. The normalized spacial score (nSPS) is 17.0. The Morgan fingerprint density at radius 3 is 2.88 bits per heavy atom. The molecule has 1 unspecified atom stereocenters. The van der Waals surface area contributed by atoms with Gasteiger partial charge in [-0.25, -0.2) is 0 Å². The lowest BCUT2D eigenvalue weighted by Crippen LogP contribution is -2.42. The number of aromatic nitrogens is 3. The number of nitrogens with zero attached hydrogens (tertiary/aromatic N) is 5. The molecule has 25 heavy (non-hydrogen) atoms. The average molecular weight is 362 g/mol. The van der Waals surface area contributed by atoms with Gasteiger partial charge in [-0.2, -0.15) is 0 Å². The third kappa shape index (κ3) is 4.58. The highest BCUT2D eigenvalue weighted by Gasteiger charge is 2.24. The van der Waals surface area contributed by atoms with Gasteiger partial charge < -0.3 is 15.2 Å². The molecule has 0 amide bonds. The van der Waals surface area contributed by atoms with Crippen molar-refractivity contribution in [3.05, 3.63) is 34.5 Å². The minimum atomic E-state index is 0.403. The summed E-state index contributed by atoms with van der Waals surface area (Å²) in [6, 6.07) is 4.77. The van der Waals surface area contributed by atoms with Crippen LogP contribution >= 0.6 is 11.3 Å². The van der Waals surface area contributed by atoms with Gasteiger partial charge in [-0.3, -0.25) is 9.89 Å². The maximum atomic E-state index is 4.34. The van der Waals surface area contributed by atoms with Gasteiger partial charge in [0.05, 0.1) is 12.6 Å². The monoisotopic (exact) mass is 361 g/mol. The number of likely N-dealkylation sites (tertiary alicyclic amines) is 1. The third-order valence-corrected chi connectivity index (χ3v) is 5.56. The molecule has 1 saturated heterocycles. The van der Waals surface area contributed by atoms with E-state index in [0.717, 1.165) is 24.9 Å². The van der Waals surface area contributed by atoms with Crippen molar-refractivity contribution in [3.8, 4) is 0 Å². The molecule has 8 heteroatoms. The fourth-order valence-electron chi connectivity index (χ4n) is 3.20. The molecule has 136 valence electrons. The van der Waals surface area contributed by atoms with Crippen LogP contribution in [0.1, 0.15) is 36.5 Å². The van der Waals surface area contributed by atoms with Gasteiger partial charge in [-0.15, -0.1) is 21.5 Å². The van der Waals surface area contributed by atoms with E-state index in [2.05, 4.69) is 55.2 Å². The second-order valence-corrected chi connectivity index (χ2v) is 7.09. The molecule has 2 N–H and O–H groups in total. The zero-order chi connectivity index (χ0) is 17.5. The van der Waals surface area contributed by atoms with E-state index in [9.17, 15) is 0 Å². The Hall–Kier alpha value is -1.93. The summed E-state index contributed by atoms with van der Waals surface area (Å²) in [5.74, 6) is 1.71. The summed E-state index contributed by atoms with van der Waals surface area (Å²) < 4.78 is 2.03. The van der Waals surface area contributed by atoms with Gasteiger partial charge in [0.25, 0.3) is 0 Å².